The van der Waals surface area contributed by atoms with Gasteiger partial charge in [0, 0.05) is 36.7 Å². The molecule has 25 heavy (non-hydrogen) atoms. The third-order valence-electron chi connectivity index (χ3n) is 5.53. The van der Waals surface area contributed by atoms with Crippen LogP contribution >= 0.6 is 0 Å². The Morgan fingerprint density at radius 3 is 2.52 bits per heavy atom. The van der Waals surface area contributed by atoms with Crippen LogP contribution < -0.4 is 5.63 Å². The number of phenols is 1. The summed E-state index contributed by atoms with van der Waals surface area (Å²) >= 11 is 0. The maximum Gasteiger partial charge on any atom is 0.336 e. The highest BCUT2D eigenvalue weighted by Gasteiger charge is 2.24. The highest BCUT2D eigenvalue weighted by Crippen LogP contribution is 2.30. The van der Waals surface area contributed by atoms with Crippen LogP contribution in [0.25, 0.3) is 11.0 Å². The molecule has 5 nitrogen and oxygen atoms in total. The molecule has 5 heteroatoms. The minimum Gasteiger partial charge on any atom is -0.508 e. The summed E-state index contributed by atoms with van der Waals surface area (Å²) in [5.74, 6) is 0.607. The maximum atomic E-state index is 11.9. The van der Waals surface area contributed by atoms with Gasteiger partial charge in [0.1, 0.15) is 11.3 Å². The number of benzene rings is 1. The summed E-state index contributed by atoms with van der Waals surface area (Å²) in [6, 6.07) is 5.51. The molecule has 1 aliphatic carbocycles. The van der Waals surface area contributed by atoms with Gasteiger partial charge in [-0.2, -0.15) is 0 Å². The first kappa shape index (κ1) is 18.0. The number of hydrogen-bond acceptors (Lipinski definition) is 5. The summed E-state index contributed by atoms with van der Waals surface area (Å²) in [6.45, 7) is 2.94. The second-order valence-electron chi connectivity index (χ2n) is 7.19. The monoisotopic (exact) mass is 345 g/mol. The Kier molecular flexibility index (Phi) is 5.45. The van der Waals surface area contributed by atoms with E-state index in [2.05, 4.69) is 11.9 Å². The van der Waals surface area contributed by atoms with Gasteiger partial charge in [0.05, 0.1) is 0 Å². The maximum absolute atomic E-state index is 11.9. The van der Waals surface area contributed by atoms with E-state index in [-0.39, 0.29) is 18.0 Å². The van der Waals surface area contributed by atoms with E-state index in [1.807, 2.05) is 13.0 Å². The molecule has 0 bridgehead atoms. The molecular formula is C20H27NO4. The van der Waals surface area contributed by atoms with E-state index in [0.717, 1.165) is 48.6 Å². The van der Waals surface area contributed by atoms with Gasteiger partial charge in [0.15, 0.2) is 0 Å². The molecule has 0 aliphatic heterocycles. The fourth-order valence-electron chi connectivity index (χ4n) is 3.89. The molecule has 3 rings (SSSR count). The van der Waals surface area contributed by atoms with Crippen LogP contribution in [0, 0.1) is 5.92 Å². The Labute approximate surface area is 147 Å². The molecule has 0 radical (unpaired) electrons. The van der Waals surface area contributed by atoms with Gasteiger partial charge in [-0.15, -0.1) is 0 Å². The zero-order valence-corrected chi connectivity index (χ0v) is 15.0. The van der Waals surface area contributed by atoms with Crippen molar-refractivity contribution in [1.29, 1.82) is 0 Å². The molecular weight excluding hydrogens is 318 g/mol. The first-order valence-electron chi connectivity index (χ1n) is 9.11. The summed E-state index contributed by atoms with van der Waals surface area (Å²) in [6.07, 6.45) is 4.97. The standard InChI is InChI=1S/C20H27NO4/c1-3-14-8-17-15(9-20(24)25-19(17)10-18(14)23)11-21(2)16-6-4-13(12-22)5-7-16/h8-10,13,16,22-23H,3-7,11-12H2,1-2H3. The summed E-state index contributed by atoms with van der Waals surface area (Å²) in [7, 11) is 2.09. The SMILES string of the molecule is CCc1cc2c(CN(C)C3CCC(CO)CC3)cc(=O)oc2cc1O. The van der Waals surface area contributed by atoms with Crippen molar-refractivity contribution in [3.63, 3.8) is 0 Å². The Balaban J connectivity index is 1.86. The highest BCUT2D eigenvalue weighted by molar-refractivity contribution is 5.82. The Morgan fingerprint density at radius 1 is 1.16 bits per heavy atom. The molecule has 0 saturated heterocycles. The fourth-order valence-corrected chi connectivity index (χ4v) is 3.89. The van der Waals surface area contributed by atoms with Gasteiger partial charge >= 0.3 is 5.63 Å². The predicted molar refractivity (Wildman–Crippen MR) is 97.8 cm³/mol. The quantitative estimate of drug-likeness (QED) is 0.815. The van der Waals surface area contributed by atoms with Crippen LogP contribution in [0.15, 0.2) is 27.4 Å². The first-order valence-corrected chi connectivity index (χ1v) is 9.11. The molecule has 1 saturated carbocycles. The number of fused-ring (bicyclic) bond motifs is 1. The third-order valence-corrected chi connectivity index (χ3v) is 5.53. The second-order valence-corrected chi connectivity index (χ2v) is 7.19. The van der Waals surface area contributed by atoms with Gasteiger partial charge in [-0.3, -0.25) is 4.90 Å². The van der Waals surface area contributed by atoms with E-state index >= 15 is 0 Å². The van der Waals surface area contributed by atoms with Gasteiger partial charge in [0.2, 0.25) is 0 Å². The van der Waals surface area contributed by atoms with Crippen LogP contribution in [0.2, 0.25) is 0 Å². The van der Waals surface area contributed by atoms with E-state index in [1.165, 1.54) is 0 Å². The number of hydrogen-bond donors (Lipinski definition) is 2. The lowest BCUT2D eigenvalue weighted by Crippen LogP contribution is -2.35. The predicted octanol–water partition coefficient (Wildman–Crippen LogP) is 3.04. The van der Waals surface area contributed by atoms with Crippen molar-refractivity contribution in [3.05, 3.63) is 39.7 Å². The van der Waals surface area contributed by atoms with Gasteiger partial charge in [-0.05, 0) is 62.3 Å². The molecule has 0 amide bonds. The van der Waals surface area contributed by atoms with E-state index < -0.39 is 0 Å². The second kappa shape index (κ2) is 7.58. The minimum absolute atomic E-state index is 0.172. The normalized spacial score (nSPS) is 21.1. The summed E-state index contributed by atoms with van der Waals surface area (Å²) in [4.78, 5) is 14.2. The Bertz CT molecular complexity index is 790. The van der Waals surface area contributed by atoms with E-state index in [4.69, 9.17) is 4.42 Å². The number of rotatable bonds is 5. The van der Waals surface area contributed by atoms with Crippen molar-refractivity contribution in [2.45, 2.75) is 51.6 Å². The van der Waals surface area contributed by atoms with Crippen molar-refractivity contribution in [3.8, 4) is 5.75 Å². The van der Waals surface area contributed by atoms with Gasteiger partial charge in [-0.25, -0.2) is 4.79 Å². The van der Waals surface area contributed by atoms with Crippen molar-refractivity contribution in [1.82, 2.24) is 4.90 Å². The van der Waals surface area contributed by atoms with E-state index in [0.29, 0.717) is 24.1 Å². The van der Waals surface area contributed by atoms with Gasteiger partial charge in [-0.1, -0.05) is 6.92 Å². The summed E-state index contributed by atoms with van der Waals surface area (Å²) in [5.41, 5.74) is 1.85. The zero-order valence-electron chi connectivity index (χ0n) is 15.0. The largest absolute Gasteiger partial charge is 0.508 e. The van der Waals surface area contributed by atoms with Crippen LogP contribution in [0.1, 0.15) is 43.7 Å². The number of aliphatic hydroxyl groups is 1. The highest BCUT2D eigenvalue weighted by atomic mass is 16.4. The molecule has 1 aromatic carbocycles. The first-order chi connectivity index (χ1) is 12.0. The molecule has 0 unspecified atom stereocenters. The third kappa shape index (κ3) is 3.88. The van der Waals surface area contributed by atoms with Crippen molar-refractivity contribution < 1.29 is 14.6 Å². The molecule has 136 valence electrons. The molecule has 2 N–H and O–H groups in total. The van der Waals surface area contributed by atoms with Crippen LogP contribution in [-0.4, -0.2) is 34.8 Å². The Morgan fingerprint density at radius 2 is 1.88 bits per heavy atom. The van der Waals surface area contributed by atoms with E-state index in [1.54, 1.807) is 12.1 Å². The molecule has 1 aliphatic rings. The zero-order chi connectivity index (χ0) is 18.0. The molecule has 0 spiro atoms. The lowest BCUT2D eigenvalue weighted by Gasteiger charge is -2.34. The lowest BCUT2D eigenvalue weighted by atomic mass is 9.86. The summed E-state index contributed by atoms with van der Waals surface area (Å²) < 4.78 is 5.28. The van der Waals surface area contributed by atoms with E-state index in [9.17, 15) is 15.0 Å². The minimum atomic E-state index is -0.386. The summed E-state index contributed by atoms with van der Waals surface area (Å²) in [5, 5.41) is 20.2. The molecule has 1 fully saturated rings. The number of phenolic OH excluding ortho intramolecular Hbond substituents is 1. The number of aromatic hydroxyl groups is 1. The number of aliphatic hydroxyl groups excluding tert-OH is 1. The molecule has 2 aromatic rings. The molecule has 1 aromatic heterocycles. The number of aryl methyl sites for hydroxylation is 1. The number of nitrogens with zero attached hydrogens (tertiary/aromatic N) is 1. The van der Waals surface area contributed by atoms with Crippen molar-refractivity contribution in [2.75, 3.05) is 13.7 Å². The van der Waals surface area contributed by atoms with Crippen molar-refractivity contribution in [2.24, 2.45) is 5.92 Å². The van der Waals surface area contributed by atoms with Crippen LogP contribution in [0.3, 0.4) is 0 Å². The lowest BCUT2D eigenvalue weighted by molar-refractivity contribution is 0.124. The average Bonchev–Trinajstić information content (AvgIpc) is 2.61. The average molecular weight is 345 g/mol. The van der Waals surface area contributed by atoms with Crippen LogP contribution in [-0.2, 0) is 13.0 Å². The molecule has 0 atom stereocenters. The van der Waals surface area contributed by atoms with Crippen LogP contribution in [0.4, 0.5) is 0 Å². The van der Waals surface area contributed by atoms with Crippen LogP contribution in [0.5, 0.6) is 5.75 Å². The van der Waals surface area contributed by atoms with Gasteiger partial charge < -0.3 is 14.6 Å². The topological polar surface area (TPSA) is 73.9 Å². The van der Waals surface area contributed by atoms with Crippen molar-refractivity contribution >= 4 is 11.0 Å². The fraction of sp³-hybridized carbons (Fsp3) is 0.550. The Hall–Kier alpha value is -1.85. The molecule has 1 heterocycles. The smallest absolute Gasteiger partial charge is 0.336 e. The van der Waals surface area contributed by atoms with Gasteiger partial charge in [0.25, 0.3) is 0 Å².